The molecule has 0 aromatic heterocycles. The minimum absolute atomic E-state index is 0.0215. The lowest BCUT2D eigenvalue weighted by atomic mass is 9.98. The number of nitrogens with one attached hydrogen (secondary N) is 2. The van der Waals surface area contributed by atoms with Crippen molar-refractivity contribution in [2.24, 2.45) is 0 Å². The zero-order valence-electron chi connectivity index (χ0n) is 19.9. The van der Waals surface area contributed by atoms with Crippen LogP contribution in [0, 0.1) is 0 Å². The summed E-state index contributed by atoms with van der Waals surface area (Å²) in [6.07, 6.45) is -0.635. The van der Waals surface area contributed by atoms with Gasteiger partial charge in [0.1, 0.15) is 19.3 Å². The number of alkyl carbamates (subject to hydrolysis) is 2. The van der Waals surface area contributed by atoms with Crippen LogP contribution in [0.15, 0.2) is 61.2 Å². The molecule has 36 heavy (non-hydrogen) atoms. The summed E-state index contributed by atoms with van der Waals surface area (Å²) in [4.78, 5) is 49.2. The van der Waals surface area contributed by atoms with E-state index in [1.165, 1.54) is 18.0 Å². The molecule has 0 bridgehead atoms. The summed E-state index contributed by atoms with van der Waals surface area (Å²) in [5, 5.41) is 14.2. The number of carbonyl (C=O) groups is 4. The normalized spacial score (nSPS) is 12.5. The summed E-state index contributed by atoms with van der Waals surface area (Å²) in [6, 6.07) is 14.2. The van der Waals surface area contributed by atoms with E-state index in [4.69, 9.17) is 9.47 Å². The van der Waals surface area contributed by atoms with Crippen molar-refractivity contribution in [2.45, 2.75) is 18.4 Å². The molecule has 0 saturated carbocycles. The minimum atomic E-state index is -1.47. The van der Waals surface area contributed by atoms with Gasteiger partial charge in [0.05, 0.1) is 6.42 Å². The van der Waals surface area contributed by atoms with E-state index in [9.17, 15) is 24.3 Å². The molecule has 1 aliphatic carbocycles. The predicted molar refractivity (Wildman–Crippen MR) is 131 cm³/mol. The fraction of sp³-hybridized carbons (Fsp3) is 0.308. The highest BCUT2D eigenvalue weighted by Gasteiger charge is 2.30. The van der Waals surface area contributed by atoms with E-state index in [2.05, 4.69) is 17.2 Å². The van der Waals surface area contributed by atoms with Crippen molar-refractivity contribution >= 4 is 24.1 Å². The minimum Gasteiger partial charge on any atom is -0.480 e. The second kappa shape index (κ2) is 12.4. The maximum atomic E-state index is 12.4. The molecule has 1 aliphatic rings. The Bertz CT molecular complexity index is 1090. The average molecular weight is 496 g/mol. The molecule has 0 heterocycles. The van der Waals surface area contributed by atoms with Crippen LogP contribution in [0.25, 0.3) is 11.1 Å². The van der Waals surface area contributed by atoms with Crippen molar-refractivity contribution in [3.05, 3.63) is 72.3 Å². The number of benzene rings is 2. The summed E-state index contributed by atoms with van der Waals surface area (Å²) >= 11 is 0. The monoisotopic (exact) mass is 495 g/mol. The molecule has 0 saturated heterocycles. The molecule has 0 fully saturated rings. The lowest BCUT2D eigenvalue weighted by Gasteiger charge is -2.21. The molecule has 3 amide bonds. The molecule has 10 heteroatoms. The molecular weight excluding hydrogens is 466 g/mol. The van der Waals surface area contributed by atoms with Gasteiger partial charge in [-0.25, -0.2) is 14.4 Å². The van der Waals surface area contributed by atoms with Crippen LogP contribution < -0.4 is 10.6 Å². The summed E-state index contributed by atoms with van der Waals surface area (Å²) in [6.45, 7) is 3.74. The van der Waals surface area contributed by atoms with Crippen molar-refractivity contribution in [3.63, 3.8) is 0 Å². The van der Waals surface area contributed by atoms with Gasteiger partial charge in [-0.3, -0.25) is 4.79 Å². The first kappa shape index (κ1) is 26.3. The van der Waals surface area contributed by atoms with Gasteiger partial charge in [-0.2, -0.15) is 0 Å². The van der Waals surface area contributed by atoms with Crippen LogP contribution in [0.3, 0.4) is 0 Å². The zero-order valence-corrected chi connectivity index (χ0v) is 19.9. The Morgan fingerprint density at radius 3 is 2.22 bits per heavy atom. The van der Waals surface area contributed by atoms with Crippen LogP contribution >= 0.6 is 0 Å². The smallest absolute Gasteiger partial charge is 0.407 e. The van der Waals surface area contributed by atoms with Gasteiger partial charge in [0.25, 0.3) is 0 Å². The van der Waals surface area contributed by atoms with E-state index in [1.54, 1.807) is 0 Å². The van der Waals surface area contributed by atoms with Crippen molar-refractivity contribution < 1.29 is 33.8 Å². The van der Waals surface area contributed by atoms with Crippen LogP contribution in [0.2, 0.25) is 0 Å². The topological polar surface area (TPSA) is 134 Å². The maximum Gasteiger partial charge on any atom is 0.407 e. The third-order valence-corrected chi connectivity index (χ3v) is 5.79. The molecule has 0 unspecified atom stereocenters. The van der Waals surface area contributed by atoms with Crippen LogP contribution in [0.5, 0.6) is 0 Å². The fourth-order valence-corrected chi connectivity index (χ4v) is 3.95. The van der Waals surface area contributed by atoms with Crippen LogP contribution in [-0.4, -0.2) is 73.5 Å². The van der Waals surface area contributed by atoms with Gasteiger partial charge >= 0.3 is 18.2 Å². The number of likely N-dealkylation sites (N-methyl/N-ethyl adjacent to an activating group) is 1. The highest BCUT2D eigenvalue weighted by Crippen LogP contribution is 2.44. The molecule has 10 nitrogen and oxygen atoms in total. The first-order chi connectivity index (χ1) is 17.3. The number of carbonyl (C=O) groups excluding carboxylic acids is 3. The molecule has 2 aromatic rings. The lowest BCUT2D eigenvalue weighted by molar-refractivity contribution is -0.143. The molecule has 0 radical (unpaired) electrons. The third kappa shape index (κ3) is 6.62. The van der Waals surface area contributed by atoms with Gasteiger partial charge in [-0.1, -0.05) is 61.2 Å². The molecule has 3 N–H and O–H groups in total. The fourth-order valence-electron chi connectivity index (χ4n) is 3.95. The van der Waals surface area contributed by atoms with Crippen molar-refractivity contribution in [3.8, 4) is 11.1 Å². The average Bonchev–Trinajstić information content (AvgIpc) is 3.19. The van der Waals surface area contributed by atoms with Crippen molar-refractivity contribution in [2.75, 3.05) is 33.4 Å². The molecule has 0 spiro atoms. The third-order valence-electron chi connectivity index (χ3n) is 5.79. The van der Waals surface area contributed by atoms with Gasteiger partial charge in [-0.05, 0) is 22.3 Å². The van der Waals surface area contributed by atoms with E-state index >= 15 is 0 Å². The first-order valence-electron chi connectivity index (χ1n) is 11.4. The van der Waals surface area contributed by atoms with Gasteiger partial charge in [0.2, 0.25) is 5.91 Å². The number of amides is 3. The van der Waals surface area contributed by atoms with Crippen LogP contribution in [0.4, 0.5) is 9.59 Å². The number of hydrogen-bond acceptors (Lipinski definition) is 6. The van der Waals surface area contributed by atoms with Gasteiger partial charge < -0.3 is 30.1 Å². The Morgan fingerprint density at radius 2 is 1.64 bits per heavy atom. The maximum absolute atomic E-state index is 12.4. The van der Waals surface area contributed by atoms with E-state index in [-0.39, 0.29) is 32.2 Å². The summed E-state index contributed by atoms with van der Waals surface area (Å²) < 4.78 is 10.1. The lowest BCUT2D eigenvalue weighted by Crippen LogP contribution is -2.45. The number of carboxylic acids is 1. The van der Waals surface area contributed by atoms with E-state index in [1.807, 2.05) is 48.5 Å². The number of fused-ring (bicyclic) bond motifs is 3. The number of ether oxygens (including phenoxy) is 2. The first-order valence-corrected chi connectivity index (χ1v) is 11.4. The number of aliphatic carboxylic acids is 1. The van der Waals surface area contributed by atoms with E-state index in [0.717, 1.165) is 22.3 Å². The van der Waals surface area contributed by atoms with Crippen LogP contribution in [0.1, 0.15) is 23.5 Å². The molecule has 1 atom stereocenters. The Balaban J connectivity index is 1.51. The SMILES string of the molecule is C=CCOC(=O)NCCN(C)C(=O)C[C@H](NC(=O)OCC1c2ccccc2-c2ccccc21)C(=O)O. The molecule has 3 rings (SSSR count). The molecule has 190 valence electrons. The Morgan fingerprint density at radius 1 is 1.03 bits per heavy atom. The quantitative estimate of drug-likeness (QED) is 0.408. The number of carboxylic acid groups (broad SMARTS) is 1. The standard InChI is InChI=1S/C26H29N3O7/c1-3-14-35-25(33)27-12-13-29(2)23(30)15-22(24(31)32)28-26(34)36-16-21-19-10-6-4-8-17(19)18-9-5-7-11-20(18)21/h3-11,21-22H,1,12-16H2,2H3,(H,27,33)(H,28,34)(H,31,32)/t22-/m0/s1. The van der Waals surface area contributed by atoms with Crippen molar-refractivity contribution in [1.82, 2.24) is 15.5 Å². The number of hydrogen-bond donors (Lipinski definition) is 3. The van der Waals surface area contributed by atoms with E-state index < -0.39 is 36.5 Å². The number of rotatable bonds is 11. The van der Waals surface area contributed by atoms with Gasteiger partial charge in [-0.15, -0.1) is 0 Å². The largest absolute Gasteiger partial charge is 0.480 e. The Hall–Kier alpha value is -4.34. The highest BCUT2D eigenvalue weighted by molar-refractivity contribution is 5.87. The summed E-state index contributed by atoms with van der Waals surface area (Å²) in [7, 11) is 1.46. The summed E-state index contributed by atoms with van der Waals surface area (Å²) in [5.41, 5.74) is 4.20. The van der Waals surface area contributed by atoms with Crippen LogP contribution in [-0.2, 0) is 19.1 Å². The Labute approximate surface area is 208 Å². The second-order valence-corrected chi connectivity index (χ2v) is 8.19. The van der Waals surface area contributed by atoms with E-state index in [0.29, 0.717) is 0 Å². The van der Waals surface area contributed by atoms with Crippen molar-refractivity contribution in [1.29, 1.82) is 0 Å². The highest BCUT2D eigenvalue weighted by atomic mass is 16.6. The molecule has 0 aliphatic heterocycles. The van der Waals surface area contributed by atoms with Gasteiger partial charge in [0, 0.05) is 26.1 Å². The predicted octanol–water partition coefficient (Wildman–Crippen LogP) is 2.74. The summed E-state index contributed by atoms with van der Waals surface area (Å²) in [5.74, 6) is -2.07. The second-order valence-electron chi connectivity index (χ2n) is 8.19. The van der Waals surface area contributed by atoms with Gasteiger partial charge in [0.15, 0.2) is 0 Å². The molecular formula is C26H29N3O7. The zero-order chi connectivity index (χ0) is 26.1. The Kier molecular flexibility index (Phi) is 9.04. The molecule has 2 aromatic carbocycles. The number of nitrogens with zero attached hydrogens (tertiary/aromatic N) is 1.